The van der Waals surface area contributed by atoms with Gasteiger partial charge in [-0.15, -0.1) is 0 Å². The van der Waals surface area contributed by atoms with E-state index in [1.807, 2.05) is 37.3 Å². The Labute approximate surface area is 161 Å². The van der Waals surface area contributed by atoms with Gasteiger partial charge < -0.3 is 4.74 Å². The molecule has 7 heteroatoms. The third-order valence-electron chi connectivity index (χ3n) is 3.70. The Morgan fingerprint density at radius 1 is 1.30 bits per heavy atom. The van der Waals surface area contributed by atoms with Gasteiger partial charge in [-0.25, -0.2) is 10.4 Å². The number of benzene rings is 2. The zero-order valence-corrected chi connectivity index (χ0v) is 15.2. The summed E-state index contributed by atoms with van der Waals surface area (Å²) in [7, 11) is 0. The molecule has 0 aliphatic rings. The number of aromatic nitrogens is 1. The Hall–Kier alpha value is -3.43. The number of carbonyl (C=O) groups is 1. The molecule has 0 aliphatic heterocycles. The van der Waals surface area contributed by atoms with E-state index in [-0.39, 0.29) is 6.61 Å². The van der Waals surface area contributed by atoms with E-state index >= 15 is 0 Å². The number of aryl methyl sites for hydroxylation is 1. The van der Waals surface area contributed by atoms with Gasteiger partial charge in [0.2, 0.25) is 0 Å². The number of rotatable bonds is 5. The van der Waals surface area contributed by atoms with E-state index in [4.69, 9.17) is 21.6 Å². The van der Waals surface area contributed by atoms with E-state index in [0.29, 0.717) is 22.0 Å². The van der Waals surface area contributed by atoms with Crippen LogP contribution in [-0.4, -0.2) is 23.7 Å². The van der Waals surface area contributed by atoms with Gasteiger partial charge in [0.1, 0.15) is 10.9 Å². The topological polar surface area (TPSA) is 87.4 Å². The highest BCUT2D eigenvalue weighted by molar-refractivity contribution is 6.32. The summed E-state index contributed by atoms with van der Waals surface area (Å²) in [6.07, 6.45) is 1.44. The van der Waals surface area contributed by atoms with Crippen LogP contribution in [0.1, 0.15) is 16.7 Å². The summed E-state index contributed by atoms with van der Waals surface area (Å²) in [4.78, 5) is 16.2. The summed E-state index contributed by atoms with van der Waals surface area (Å²) >= 11 is 6.17. The molecule has 1 heterocycles. The number of nitrogens with zero attached hydrogens (tertiary/aromatic N) is 3. The van der Waals surface area contributed by atoms with Crippen LogP contribution in [-0.2, 0) is 4.79 Å². The van der Waals surface area contributed by atoms with Crippen LogP contribution in [0.15, 0.2) is 53.6 Å². The maximum atomic E-state index is 11.8. The van der Waals surface area contributed by atoms with E-state index in [2.05, 4.69) is 15.5 Å². The summed E-state index contributed by atoms with van der Waals surface area (Å²) in [6.45, 7) is 1.78. The highest BCUT2D eigenvalue weighted by Gasteiger charge is 2.05. The third kappa shape index (κ3) is 4.81. The molecular weight excluding hydrogens is 364 g/mol. The van der Waals surface area contributed by atoms with Gasteiger partial charge in [0.15, 0.2) is 6.61 Å². The third-order valence-corrected chi connectivity index (χ3v) is 4.00. The number of hydrogen-bond acceptors (Lipinski definition) is 5. The highest BCUT2D eigenvalue weighted by Crippen LogP contribution is 2.20. The molecule has 1 N–H and O–H groups in total. The van der Waals surface area contributed by atoms with Gasteiger partial charge in [0.05, 0.1) is 23.4 Å². The lowest BCUT2D eigenvalue weighted by Crippen LogP contribution is -2.24. The maximum Gasteiger partial charge on any atom is 0.277 e. The van der Waals surface area contributed by atoms with Crippen LogP contribution in [0.4, 0.5) is 0 Å². The Bertz CT molecular complexity index is 1060. The molecule has 0 radical (unpaired) electrons. The van der Waals surface area contributed by atoms with Crippen molar-refractivity contribution in [1.29, 1.82) is 5.26 Å². The molecule has 3 aromatic rings. The van der Waals surface area contributed by atoms with Crippen LogP contribution in [0.25, 0.3) is 10.9 Å². The first-order chi connectivity index (χ1) is 13.0. The molecule has 2 aromatic carbocycles. The Morgan fingerprint density at radius 2 is 2.07 bits per heavy atom. The first kappa shape index (κ1) is 18.4. The lowest BCUT2D eigenvalue weighted by molar-refractivity contribution is -0.123. The van der Waals surface area contributed by atoms with E-state index in [9.17, 15) is 4.79 Å². The molecule has 3 rings (SSSR count). The monoisotopic (exact) mass is 378 g/mol. The second kappa shape index (κ2) is 8.30. The van der Waals surface area contributed by atoms with Crippen molar-refractivity contribution < 1.29 is 9.53 Å². The van der Waals surface area contributed by atoms with Gasteiger partial charge in [-0.1, -0.05) is 23.7 Å². The van der Waals surface area contributed by atoms with Crippen LogP contribution in [0, 0.1) is 18.3 Å². The molecule has 134 valence electrons. The number of fused-ring (bicyclic) bond motifs is 1. The number of hydrogen-bond donors (Lipinski definition) is 1. The number of nitriles is 1. The standard InChI is InChI=1S/C20H15ClN4O2/c1-13-2-5-15-9-16(20(21)24-18(15)8-13)11-23-25-19(26)12-27-17-6-3-14(10-22)4-7-17/h2-9,11H,12H2,1H3,(H,25,26)/b23-11-. The number of ether oxygens (including phenoxy) is 1. The van der Waals surface area contributed by atoms with Crippen LogP contribution < -0.4 is 10.2 Å². The molecule has 1 aromatic heterocycles. The number of halogens is 1. The fourth-order valence-electron chi connectivity index (χ4n) is 2.34. The van der Waals surface area contributed by atoms with E-state index < -0.39 is 5.91 Å². The SMILES string of the molecule is Cc1ccc2cc(/C=N\NC(=O)COc3ccc(C#N)cc3)c(Cl)nc2c1. The number of nitrogens with one attached hydrogen (secondary N) is 1. The molecule has 0 unspecified atom stereocenters. The molecule has 6 nitrogen and oxygen atoms in total. The maximum absolute atomic E-state index is 11.8. The molecule has 0 atom stereocenters. The number of pyridine rings is 1. The Kier molecular flexibility index (Phi) is 5.64. The van der Waals surface area contributed by atoms with Gasteiger partial charge >= 0.3 is 0 Å². The number of amides is 1. The fourth-order valence-corrected chi connectivity index (χ4v) is 2.54. The predicted molar refractivity (Wildman–Crippen MR) is 104 cm³/mol. The highest BCUT2D eigenvalue weighted by atomic mass is 35.5. The molecule has 0 saturated carbocycles. The van der Waals surface area contributed by atoms with Crippen molar-refractivity contribution in [2.75, 3.05) is 6.61 Å². The van der Waals surface area contributed by atoms with Crippen molar-refractivity contribution in [2.45, 2.75) is 6.92 Å². The summed E-state index contributed by atoms with van der Waals surface area (Å²) in [5, 5.41) is 13.9. The zero-order valence-electron chi connectivity index (χ0n) is 14.4. The summed E-state index contributed by atoms with van der Waals surface area (Å²) in [6, 6.07) is 16.2. The Morgan fingerprint density at radius 3 is 2.81 bits per heavy atom. The molecular formula is C20H15ClN4O2. The fraction of sp³-hybridized carbons (Fsp3) is 0.100. The second-order valence-corrected chi connectivity index (χ2v) is 6.14. The average Bonchev–Trinajstić information content (AvgIpc) is 2.67. The van der Waals surface area contributed by atoms with Gasteiger partial charge in [-0.2, -0.15) is 10.4 Å². The minimum absolute atomic E-state index is 0.202. The van der Waals surface area contributed by atoms with Crippen LogP contribution >= 0.6 is 11.6 Å². The van der Waals surface area contributed by atoms with Crippen molar-refractivity contribution in [3.8, 4) is 11.8 Å². The quantitative estimate of drug-likeness (QED) is 0.417. The van der Waals surface area contributed by atoms with Crippen LogP contribution in [0.2, 0.25) is 5.15 Å². The average molecular weight is 379 g/mol. The van der Waals surface area contributed by atoms with Crippen LogP contribution in [0.5, 0.6) is 5.75 Å². The molecule has 27 heavy (non-hydrogen) atoms. The number of carbonyl (C=O) groups excluding carboxylic acids is 1. The van der Waals surface area contributed by atoms with Crippen molar-refractivity contribution in [1.82, 2.24) is 10.4 Å². The minimum atomic E-state index is -0.420. The molecule has 1 amide bonds. The number of hydrazone groups is 1. The first-order valence-electron chi connectivity index (χ1n) is 8.07. The largest absolute Gasteiger partial charge is 0.484 e. The van der Waals surface area contributed by atoms with Crippen molar-refractivity contribution in [3.05, 3.63) is 70.4 Å². The van der Waals surface area contributed by atoms with E-state index in [1.165, 1.54) is 6.21 Å². The molecule has 0 saturated heterocycles. The predicted octanol–water partition coefficient (Wildman–Crippen LogP) is 3.60. The Balaban J connectivity index is 1.58. The molecule has 0 bridgehead atoms. The first-order valence-corrected chi connectivity index (χ1v) is 8.45. The molecule has 0 aliphatic carbocycles. The van der Waals surface area contributed by atoms with Crippen LogP contribution in [0.3, 0.4) is 0 Å². The van der Waals surface area contributed by atoms with Gasteiger partial charge in [0, 0.05) is 10.9 Å². The van der Waals surface area contributed by atoms with Gasteiger partial charge in [-0.3, -0.25) is 4.79 Å². The molecule has 0 spiro atoms. The van der Waals surface area contributed by atoms with Crippen molar-refractivity contribution in [3.63, 3.8) is 0 Å². The zero-order chi connectivity index (χ0) is 19.2. The summed E-state index contributed by atoms with van der Waals surface area (Å²) in [5.41, 5.74) is 5.40. The van der Waals surface area contributed by atoms with Crippen molar-refractivity contribution >= 4 is 34.6 Å². The normalized spacial score (nSPS) is 10.7. The molecule has 0 fully saturated rings. The van der Waals surface area contributed by atoms with Gasteiger partial charge in [-0.05, 0) is 48.9 Å². The lowest BCUT2D eigenvalue weighted by Gasteiger charge is -2.05. The van der Waals surface area contributed by atoms with Crippen molar-refractivity contribution in [2.24, 2.45) is 5.10 Å². The summed E-state index contributed by atoms with van der Waals surface area (Å²) in [5.74, 6) is 0.0706. The second-order valence-electron chi connectivity index (χ2n) is 5.78. The smallest absolute Gasteiger partial charge is 0.277 e. The minimum Gasteiger partial charge on any atom is -0.484 e. The van der Waals surface area contributed by atoms with E-state index in [0.717, 1.165) is 16.5 Å². The summed E-state index contributed by atoms with van der Waals surface area (Å²) < 4.78 is 5.33. The van der Waals surface area contributed by atoms with Gasteiger partial charge in [0.25, 0.3) is 5.91 Å². The van der Waals surface area contributed by atoms with E-state index in [1.54, 1.807) is 24.3 Å². The lowest BCUT2D eigenvalue weighted by atomic mass is 10.1.